The lowest BCUT2D eigenvalue weighted by Gasteiger charge is -2.10. The highest BCUT2D eigenvalue weighted by atomic mass is 19.2. The number of carbonyl (C=O) groups excluding carboxylic acids is 1. The fourth-order valence-electron chi connectivity index (χ4n) is 1.89. The maximum atomic E-state index is 13.4. The van der Waals surface area contributed by atoms with E-state index in [4.69, 9.17) is 4.74 Å². The summed E-state index contributed by atoms with van der Waals surface area (Å²) in [4.78, 5) is 11.6. The van der Waals surface area contributed by atoms with Crippen LogP contribution in [0, 0.1) is 24.4 Å². The number of amides is 2. The van der Waals surface area contributed by atoms with Crippen LogP contribution in [0.1, 0.15) is 12.0 Å². The van der Waals surface area contributed by atoms with Gasteiger partial charge in [-0.25, -0.2) is 18.0 Å². The molecule has 0 saturated carbocycles. The molecule has 0 aliphatic rings. The van der Waals surface area contributed by atoms with Gasteiger partial charge in [0, 0.05) is 6.54 Å². The predicted octanol–water partition coefficient (Wildman–Crippen LogP) is 4.00. The largest absolute Gasteiger partial charge is 0.494 e. The molecule has 2 aromatic rings. The molecule has 0 aromatic heterocycles. The van der Waals surface area contributed by atoms with E-state index in [-0.39, 0.29) is 6.54 Å². The zero-order valence-corrected chi connectivity index (χ0v) is 13.0. The number of halogens is 3. The third kappa shape index (κ3) is 4.91. The van der Waals surface area contributed by atoms with Gasteiger partial charge >= 0.3 is 6.03 Å². The molecule has 0 aliphatic carbocycles. The van der Waals surface area contributed by atoms with E-state index in [0.29, 0.717) is 13.0 Å². The Hall–Kier alpha value is -2.70. The quantitative estimate of drug-likeness (QED) is 0.618. The number of urea groups is 1. The zero-order chi connectivity index (χ0) is 17.5. The Morgan fingerprint density at radius 3 is 2.46 bits per heavy atom. The minimum absolute atomic E-state index is 0.281. The molecule has 0 aliphatic heterocycles. The number of nitrogens with one attached hydrogen (secondary N) is 2. The molecule has 7 heteroatoms. The van der Waals surface area contributed by atoms with E-state index in [2.05, 4.69) is 10.6 Å². The van der Waals surface area contributed by atoms with Crippen LogP contribution in [0.5, 0.6) is 5.75 Å². The molecule has 4 nitrogen and oxygen atoms in total. The van der Waals surface area contributed by atoms with Crippen LogP contribution in [-0.2, 0) is 0 Å². The monoisotopic (exact) mass is 338 g/mol. The van der Waals surface area contributed by atoms with Crippen LogP contribution < -0.4 is 15.4 Å². The Labute approximate surface area is 137 Å². The first-order chi connectivity index (χ1) is 11.5. The topological polar surface area (TPSA) is 50.4 Å². The number of anilines is 1. The van der Waals surface area contributed by atoms with E-state index in [0.717, 1.165) is 23.4 Å². The third-order valence-electron chi connectivity index (χ3n) is 3.18. The Morgan fingerprint density at radius 2 is 1.75 bits per heavy atom. The third-order valence-corrected chi connectivity index (χ3v) is 3.18. The zero-order valence-electron chi connectivity index (χ0n) is 13.0. The Morgan fingerprint density at radius 1 is 1.04 bits per heavy atom. The van der Waals surface area contributed by atoms with Crippen molar-refractivity contribution in [1.29, 1.82) is 0 Å². The van der Waals surface area contributed by atoms with Crippen LogP contribution in [0.3, 0.4) is 0 Å². The maximum absolute atomic E-state index is 13.4. The van der Waals surface area contributed by atoms with Gasteiger partial charge in [0.15, 0.2) is 17.5 Å². The molecule has 0 saturated heterocycles. The summed E-state index contributed by atoms with van der Waals surface area (Å²) in [5.74, 6) is -3.65. The summed E-state index contributed by atoms with van der Waals surface area (Å²) < 4.78 is 44.7. The minimum atomic E-state index is -1.63. The molecule has 24 heavy (non-hydrogen) atoms. The molecule has 2 N–H and O–H groups in total. The second-order valence-corrected chi connectivity index (χ2v) is 5.12. The van der Waals surface area contributed by atoms with Crippen molar-refractivity contribution in [3.8, 4) is 5.75 Å². The smallest absolute Gasteiger partial charge is 0.319 e. The number of carbonyl (C=O) groups is 1. The molecule has 0 atom stereocenters. The van der Waals surface area contributed by atoms with Gasteiger partial charge in [0.05, 0.1) is 12.3 Å². The highest BCUT2D eigenvalue weighted by Crippen LogP contribution is 2.19. The van der Waals surface area contributed by atoms with Crippen LogP contribution >= 0.6 is 0 Å². The molecule has 128 valence electrons. The molecule has 0 bridgehead atoms. The van der Waals surface area contributed by atoms with Crippen molar-refractivity contribution in [1.82, 2.24) is 5.32 Å². The second-order valence-electron chi connectivity index (χ2n) is 5.12. The molecule has 0 spiro atoms. The summed E-state index contributed by atoms with van der Waals surface area (Å²) in [5.41, 5.74) is 0.701. The molecule has 2 aromatic carbocycles. The molecule has 0 unspecified atom stereocenters. The number of aryl methyl sites for hydroxylation is 1. The minimum Gasteiger partial charge on any atom is -0.494 e. The van der Waals surface area contributed by atoms with Gasteiger partial charge in [-0.05, 0) is 37.6 Å². The lowest BCUT2D eigenvalue weighted by molar-refractivity contribution is 0.250. The standard InChI is InChI=1S/C17H17F3N2O2/c1-11-3-5-12(6-4-11)24-10-2-9-21-17(23)22-14-8-7-13(18)15(19)16(14)20/h3-8H,2,9-10H2,1H3,(H2,21,22,23). The summed E-state index contributed by atoms with van der Waals surface area (Å²) >= 11 is 0. The van der Waals surface area contributed by atoms with E-state index in [1.807, 2.05) is 31.2 Å². The van der Waals surface area contributed by atoms with Crippen LogP contribution in [0.15, 0.2) is 36.4 Å². The van der Waals surface area contributed by atoms with Gasteiger partial charge in [-0.1, -0.05) is 17.7 Å². The maximum Gasteiger partial charge on any atom is 0.319 e. The second kappa shape index (κ2) is 8.24. The molecule has 0 fully saturated rings. The van der Waals surface area contributed by atoms with Gasteiger partial charge in [0.2, 0.25) is 0 Å². The average molecular weight is 338 g/mol. The van der Waals surface area contributed by atoms with Crippen molar-refractivity contribution >= 4 is 11.7 Å². The fraction of sp³-hybridized carbons (Fsp3) is 0.235. The van der Waals surface area contributed by atoms with Gasteiger partial charge in [0.25, 0.3) is 0 Å². The van der Waals surface area contributed by atoms with Crippen LogP contribution in [0.25, 0.3) is 0 Å². The summed E-state index contributed by atoms with van der Waals surface area (Å²) in [5, 5.41) is 4.60. The molecule has 2 rings (SSSR count). The molecule has 0 radical (unpaired) electrons. The van der Waals surface area contributed by atoms with Gasteiger partial charge in [-0.15, -0.1) is 0 Å². The van der Waals surface area contributed by atoms with Crippen LogP contribution in [0.2, 0.25) is 0 Å². The number of hydrogen-bond acceptors (Lipinski definition) is 2. The predicted molar refractivity (Wildman–Crippen MR) is 84.6 cm³/mol. The lowest BCUT2D eigenvalue weighted by Crippen LogP contribution is -2.30. The fourth-order valence-corrected chi connectivity index (χ4v) is 1.89. The first-order valence-electron chi connectivity index (χ1n) is 7.35. The Kier molecular flexibility index (Phi) is 6.06. The Balaban J connectivity index is 1.70. The number of benzene rings is 2. The molecule has 0 heterocycles. The Bertz CT molecular complexity index is 706. The van der Waals surface area contributed by atoms with Crippen molar-refractivity contribution in [2.45, 2.75) is 13.3 Å². The van der Waals surface area contributed by atoms with Gasteiger partial charge in [-0.2, -0.15) is 0 Å². The number of rotatable bonds is 6. The van der Waals surface area contributed by atoms with Gasteiger partial charge in [0.1, 0.15) is 5.75 Å². The summed E-state index contributed by atoms with van der Waals surface area (Å²) in [6, 6.07) is 8.53. The van der Waals surface area contributed by atoms with Gasteiger partial charge in [-0.3, -0.25) is 0 Å². The number of ether oxygens (including phenoxy) is 1. The first kappa shape index (κ1) is 17.7. The molecular formula is C17H17F3N2O2. The van der Waals surface area contributed by atoms with Crippen molar-refractivity contribution in [2.75, 3.05) is 18.5 Å². The summed E-state index contributed by atoms with van der Waals surface area (Å²) in [7, 11) is 0. The van der Waals surface area contributed by atoms with Crippen LogP contribution in [-0.4, -0.2) is 19.2 Å². The summed E-state index contributed by atoms with van der Waals surface area (Å²) in [6.45, 7) is 2.65. The van der Waals surface area contributed by atoms with E-state index in [1.165, 1.54) is 0 Å². The average Bonchev–Trinajstić information content (AvgIpc) is 2.57. The van der Waals surface area contributed by atoms with E-state index in [1.54, 1.807) is 0 Å². The normalized spacial score (nSPS) is 10.3. The van der Waals surface area contributed by atoms with Crippen molar-refractivity contribution in [3.05, 3.63) is 59.4 Å². The molecular weight excluding hydrogens is 321 g/mol. The highest BCUT2D eigenvalue weighted by Gasteiger charge is 2.14. The van der Waals surface area contributed by atoms with Gasteiger partial charge < -0.3 is 15.4 Å². The number of hydrogen-bond donors (Lipinski definition) is 2. The highest BCUT2D eigenvalue weighted by molar-refractivity contribution is 5.89. The van der Waals surface area contributed by atoms with Crippen molar-refractivity contribution in [3.63, 3.8) is 0 Å². The van der Waals surface area contributed by atoms with E-state index < -0.39 is 29.2 Å². The van der Waals surface area contributed by atoms with E-state index in [9.17, 15) is 18.0 Å². The van der Waals surface area contributed by atoms with Crippen molar-refractivity contribution in [2.24, 2.45) is 0 Å². The SMILES string of the molecule is Cc1ccc(OCCCNC(=O)Nc2ccc(F)c(F)c2F)cc1. The first-order valence-corrected chi connectivity index (χ1v) is 7.35. The molecule has 2 amide bonds. The van der Waals surface area contributed by atoms with E-state index >= 15 is 0 Å². The van der Waals surface area contributed by atoms with Crippen LogP contribution in [0.4, 0.5) is 23.7 Å². The lowest BCUT2D eigenvalue weighted by atomic mass is 10.2. The summed E-state index contributed by atoms with van der Waals surface area (Å²) in [6.07, 6.45) is 0.529. The van der Waals surface area contributed by atoms with Crippen molar-refractivity contribution < 1.29 is 22.7 Å².